The first-order chi connectivity index (χ1) is 12.0. The lowest BCUT2D eigenvalue weighted by Gasteiger charge is -2.07. The molecule has 0 unspecified atom stereocenters. The molecular weight excluding hydrogens is 318 g/mol. The highest BCUT2D eigenvalue weighted by Gasteiger charge is 2.09. The number of aryl methyl sites for hydroxylation is 1. The van der Waals surface area contributed by atoms with Crippen molar-refractivity contribution in [2.75, 3.05) is 16.0 Å². The fourth-order valence-corrected chi connectivity index (χ4v) is 1.90. The first-order valence-electron chi connectivity index (χ1n) is 7.46. The molecule has 2 amide bonds. The second kappa shape index (κ2) is 8.26. The molecule has 0 saturated heterocycles. The van der Waals surface area contributed by atoms with Crippen molar-refractivity contribution < 1.29 is 9.59 Å². The second-order valence-electron chi connectivity index (χ2n) is 5.22. The fraction of sp³-hybridized carbons (Fsp3) is 0.111. The Morgan fingerprint density at radius 2 is 1.64 bits per heavy atom. The van der Waals surface area contributed by atoms with Crippen LogP contribution in [-0.2, 0) is 9.59 Å². The number of hydrogen-bond acceptors (Lipinski definition) is 5. The summed E-state index contributed by atoms with van der Waals surface area (Å²) in [6, 6.07) is 12.0. The maximum Gasteiger partial charge on any atom is 0.267 e. The summed E-state index contributed by atoms with van der Waals surface area (Å²) in [7, 11) is 0. The van der Waals surface area contributed by atoms with Gasteiger partial charge < -0.3 is 16.0 Å². The van der Waals surface area contributed by atoms with Gasteiger partial charge in [-0.2, -0.15) is 5.26 Å². The number of amides is 2. The molecular formula is C18H17N5O2. The summed E-state index contributed by atoms with van der Waals surface area (Å²) in [4.78, 5) is 27.2. The van der Waals surface area contributed by atoms with Crippen LogP contribution in [0.3, 0.4) is 0 Å². The molecule has 126 valence electrons. The van der Waals surface area contributed by atoms with Crippen molar-refractivity contribution in [3.8, 4) is 6.07 Å². The van der Waals surface area contributed by atoms with E-state index in [-0.39, 0.29) is 11.5 Å². The van der Waals surface area contributed by atoms with Gasteiger partial charge in [-0.25, -0.2) is 0 Å². The van der Waals surface area contributed by atoms with Crippen LogP contribution in [-0.4, -0.2) is 16.8 Å². The van der Waals surface area contributed by atoms with Crippen molar-refractivity contribution in [3.63, 3.8) is 0 Å². The Bertz CT molecular complexity index is 833. The van der Waals surface area contributed by atoms with Crippen molar-refractivity contribution in [1.82, 2.24) is 4.98 Å². The summed E-state index contributed by atoms with van der Waals surface area (Å²) in [6.07, 6.45) is 2.94. The minimum absolute atomic E-state index is 0.0773. The molecule has 0 aliphatic rings. The molecule has 0 bridgehead atoms. The molecule has 2 aromatic rings. The zero-order chi connectivity index (χ0) is 18.2. The largest absolute Gasteiger partial charge is 0.359 e. The van der Waals surface area contributed by atoms with E-state index in [1.807, 2.05) is 19.1 Å². The number of anilines is 3. The summed E-state index contributed by atoms with van der Waals surface area (Å²) in [5, 5.41) is 17.3. The molecule has 0 aliphatic heterocycles. The molecule has 7 heteroatoms. The topological polar surface area (TPSA) is 107 Å². The first kappa shape index (κ1) is 17.7. The van der Waals surface area contributed by atoms with Crippen molar-refractivity contribution in [2.24, 2.45) is 0 Å². The number of benzene rings is 1. The third-order valence-corrected chi connectivity index (χ3v) is 3.12. The van der Waals surface area contributed by atoms with E-state index in [0.29, 0.717) is 17.1 Å². The zero-order valence-electron chi connectivity index (χ0n) is 13.8. The number of rotatable bonds is 5. The molecule has 25 heavy (non-hydrogen) atoms. The van der Waals surface area contributed by atoms with Gasteiger partial charge in [0.05, 0.1) is 11.9 Å². The van der Waals surface area contributed by atoms with Crippen LogP contribution in [0.4, 0.5) is 17.1 Å². The Morgan fingerprint density at radius 1 is 1.04 bits per heavy atom. The lowest BCUT2D eigenvalue weighted by molar-refractivity contribution is -0.114. The number of nitriles is 1. The number of carbonyl (C=O) groups is 2. The van der Waals surface area contributed by atoms with Crippen LogP contribution in [0, 0.1) is 18.3 Å². The maximum absolute atomic E-state index is 12.2. The van der Waals surface area contributed by atoms with Gasteiger partial charge in [-0.15, -0.1) is 0 Å². The molecule has 1 aromatic carbocycles. The van der Waals surface area contributed by atoms with E-state index in [1.165, 1.54) is 13.1 Å². The Kier molecular flexibility index (Phi) is 5.85. The summed E-state index contributed by atoms with van der Waals surface area (Å²) in [5.74, 6) is -0.717. The number of nitrogens with zero attached hydrogens (tertiary/aromatic N) is 2. The molecule has 2 rings (SSSR count). The van der Waals surface area contributed by atoms with Crippen LogP contribution >= 0.6 is 0 Å². The van der Waals surface area contributed by atoms with E-state index in [2.05, 4.69) is 20.9 Å². The predicted octanol–water partition coefficient (Wildman–Crippen LogP) is 2.81. The van der Waals surface area contributed by atoms with Gasteiger partial charge in [0.1, 0.15) is 11.6 Å². The SMILES string of the molecule is CC(=O)Nc1ccc(NC(=O)/C(C#N)=C\Nc2ccc(C)nc2)cc1. The Morgan fingerprint density at radius 3 is 2.16 bits per heavy atom. The number of nitrogens with one attached hydrogen (secondary N) is 3. The number of carbonyl (C=O) groups excluding carboxylic acids is 2. The highest BCUT2D eigenvalue weighted by molar-refractivity contribution is 6.06. The van der Waals surface area contributed by atoms with Crippen molar-refractivity contribution in [1.29, 1.82) is 5.26 Å². The summed E-state index contributed by atoms with van der Waals surface area (Å²) >= 11 is 0. The smallest absolute Gasteiger partial charge is 0.267 e. The van der Waals surface area contributed by atoms with Gasteiger partial charge in [0.15, 0.2) is 0 Å². The van der Waals surface area contributed by atoms with E-state index in [0.717, 1.165) is 5.69 Å². The van der Waals surface area contributed by atoms with Gasteiger partial charge >= 0.3 is 0 Å². The van der Waals surface area contributed by atoms with Gasteiger partial charge in [0.25, 0.3) is 5.91 Å². The molecule has 0 radical (unpaired) electrons. The molecule has 0 atom stereocenters. The molecule has 0 aliphatic carbocycles. The van der Waals surface area contributed by atoms with Crippen molar-refractivity contribution in [2.45, 2.75) is 13.8 Å². The van der Waals surface area contributed by atoms with Crippen molar-refractivity contribution in [3.05, 3.63) is 60.1 Å². The van der Waals surface area contributed by atoms with E-state index in [4.69, 9.17) is 5.26 Å². The second-order valence-corrected chi connectivity index (χ2v) is 5.22. The van der Waals surface area contributed by atoms with Gasteiger partial charge in [-0.3, -0.25) is 14.6 Å². The highest BCUT2D eigenvalue weighted by atomic mass is 16.2. The lowest BCUT2D eigenvalue weighted by Crippen LogP contribution is -2.14. The van der Waals surface area contributed by atoms with Crippen LogP contribution in [0.25, 0.3) is 0 Å². The predicted molar refractivity (Wildman–Crippen MR) is 95.7 cm³/mol. The van der Waals surface area contributed by atoms with Gasteiger partial charge in [-0.1, -0.05) is 0 Å². The Balaban J connectivity index is 2.01. The summed E-state index contributed by atoms with van der Waals surface area (Å²) in [5.41, 5.74) is 2.60. The summed E-state index contributed by atoms with van der Waals surface area (Å²) < 4.78 is 0. The normalized spacial score (nSPS) is 10.5. The quantitative estimate of drug-likeness (QED) is 0.575. The first-order valence-corrected chi connectivity index (χ1v) is 7.46. The van der Waals surface area contributed by atoms with Crippen LogP contribution in [0.2, 0.25) is 0 Å². The minimum atomic E-state index is -0.539. The summed E-state index contributed by atoms with van der Waals surface area (Å²) in [6.45, 7) is 3.28. The monoisotopic (exact) mass is 335 g/mol. The van der Waals surface area contributed by atoms with Gasteiger partial charge in [0.2, 0.25) is 5.91 Å². The van der Waals surface area contributed by atoms with Crippen LogP contribution in [0.1, 0.15) is 12.6 Å². The van der Waals surface area contributed by atoms with E-state index < -0.39 is 5.91 Å². The van der Waals surface area contributed by atoms with E-state index >= 15 is 0 Å². The fourth-order valence-electron chi connectivity index (χ4n) is 1.90. The molecule has 3 N–H and O–H groups in total. The molecule has 1 aromatic heterocycles. The van der Waals surface area contributed by atoms with E-state index in [1.54, 1.807) is 36.5 Å². The molecule has 0 saturated carbocycles. The molecule has 0 fully saturated rings. The Hall–Kier alpha value is -3.66. The highest BCUT2D eigenvalue weighted by Crippen LogP contribution is 2.14. The molecule has 1 heterocycles. The number of hydrogen-bond donors (Lipinski definition) is 3. The zero-order valence-corrected chi connectivity index (χ0v) is 13.8. The molecule has 0 spiro atoms. The van der Waals surface area contributed by atoms with Gasteiger partial charge in [-0.05, 0) is 43.3 Å². The average Bonchev–Trinajstić information content (AvgIpc) is 2.58. The number of aromatic nitrogens is 1. The third-order valence-electron chi connectivity index (χ3n) is 3.12. The number of pyridine rings is 1. The van der Waals surface area contributed by atoms with E-state index in [9.17, 15) is 9.59 Å². The van der Waals surface area contributed by atoms with Crippen molar-refractivity contribution >= 4 is 28.9 Å². The van der Waals surface area contributed by atoms with Crippen LogP contribution < -0.4 is 16.0 Å². The van der Waals surface area contributed by atoms with Crippen LogP contribution in [0.15, 0.2) is 54.4 Å². The lowest BCUT2D eigenvalue weighted by atomic mass is 10.2. The average molecular weight is 335 g/mol. The molecule has 7 nitrogen and oxygen atoms in total. The van der Waals surface area contributed by atoms with Crippen LogP contribution in [0.5, 0.6) is 0 Å². The van der Waals surface area contributed by atoms with Gasteiger partial charge in [0, 0.05) is 30.2 Å². The third kappa shape index (κ3) is 5.48. The minimum Gasteiger partial charge on any atom is -0.359 e. The Labute approximate surface area is 145 Å². The standard InChI is InChI=1S/C18H17N5O2/c1-12-3-4-17(11-20-12)21-10-14(9-19)18(25)23-16-7-5-15(6-8-16)22-13(2)24/h3-8,10-11,21H,1-2H3,(H,22,24)(H,23,25)/b14-10-. The maximum atomic E-state index is 12.2.